The van der Waals surface area contributed by atoms with Gasteiger partial charge in [-0.15, -0.1) is 15.3 Å². The fourth-order valence-electron chi connectivity index (χ4n) is 3.95. The number of hydrogen-bond acceptors (Lipinski definition) is 7. The number of nitrogens with zero attached hydrogens (tertiary/aromatic N) is 5. The summed E-state index contributed by atoms with van der Waals surface area (Å²) >= 11 is 0. The van der Waals surface area contributed by atoms with E-state index in [4.69, 9.17) is 9.84 Å². The lowest BCUT2D eigenvalue weighted by molar-refractivity contribution is 0.102. The highest BCUT2D eigenvalue weighted by Gasteiger charge is 2.16. The van der Waals surface area contributed by atoms with Gasteiger partial charge in [-0.05, 0) is 48.5 Å². The van der Waals surface area contributed by atoms with Crippen LogP contribution in [-0.4, -0.2) is 42.8 Å². The lowest BCUT2D eigenvalue weighted by atomic mass is 10.1. The van der Waals surface area contributed by atoms with E-state index in [0.717, 1.165) is 27.8 Å². The molecule has 0 radical (unpaired) electrons. The van der Waals surface area contributed by atoms with E-state index in [9.17, 15) is 4.79 Å². The molecule has 1 amide bonds. The van der Waals surface area contributed by atoms with Crippen molar-refractivity contribution in [3.63, 3.8) is 0 Å². The molecule has 3 heterocycles. The third-order valence-corrected chi connectivity index (χ3v) is 5.76. The van der Waals surface area contributed by atoms with Crippen LogP contribution in [0, 0.1) is 0 Å². The maximum Gasteiger partial charge on any atom is 0.273 e. The summed E-state index contributed by atoms with van der Waals surface area (Å²) < 4.78 is 7.01. The van der Waals surface area contributed by atoms with Gasteiger partial charge in [0.25, 0.3) is 5.91 Å². The number of amides is 1. The van der Waals surface area contributed by atoms with Gasteiger partial charge >= 0.3 is 0 Å². The van der Waals surface area contributed by atoms with Crippen LogP contribution in [-0.2, 0) is 0 Å². The number of rotatable bonds is 6. The van der Waals surface area contributed by atoms with Crippen molar-refractivity contribution in [1.29, 1.82) is 0 Å². The second kappa shape index (κ2) is 8.84. The Hall–Kier alpha value is -5.25. The summed E-state index contributed by atoms with van der Waals surface area (Å²) in [7, 11) is 1.63. The SMILES string of the molecule is COc1ccc(-c2nnc3c4ccccc4c(Nc4ccc(NC(=O)c5cnc[nH]5)cc4)nn23)cc1. The number of methoxy groups -OCH3 is 1. The zero-order valence-electron chi connectivity index (χ0n) is 19.1. The number of hydrogen-bond donors (Lipinski definition) is 3. The molecule has 6 aromatic rings. The maximum absolute atomic E-state index is 12.3. The molecule has 10 nitrogen and oxygen atoms in total. The van der Waals surface area contributed by atoms with Crippen molar-refractivity contribution in [1.82, 2.24) is 29.8 Å². The van der Waals surface area contributed by atoms with E-state index in [-0.39, 0.29) is 5.91 Å². The van der Waals surface area contributed by atoms with Crippen LogP contribution < -0.4 is 15.4 Å². The quantitative estimate of drug-likeness (QED) is 0.319. The average molecular weight is 477 g/mol. The van der Waals surface area contributed by atoms with Gasteiger partial charge in [-0.25, -0.2) is 4.98 Å². The van der Waals surface area contributed by atoms with Crippen LogP contribution in [0.5, 0.6) is 5.75 Å². The summed E-state index contributed by atoms with van der Waals surface area (Å²) in [5.41, 5.74) is 3.40. The van der Waals surface area contributed by atoms with E-state index in [1.54, 1.807) is 11.6 Å². The molecular formula is C26H20N8O2. The zero-order chi connectivity index (χ0) is 24.5. The smallest absolute Gasteiger partial charge is 0.273 e. The van der Waals surface area contributed by atoms with Gasteiger partial charge in [-0.3, -0.25) is 4.79 Å². The van der Waals surface area contributed by atoms with Gasteiger partial charge in [0.1, 0.15) is 11.4 Å². The Morgan fingerprint density at radius 2 is 1.67 bits per heavy atom. The summed E-state index contributed by atoms with van der Waals surface area (Å²) in [6.07, 6.45) is 2.94. The Kier molecular flexibility index (Phi) is 5.23. The molecule has 3 N–H and O–H groups in total. The number of carbonyl (C=O) groups is 1. The van der Waals surface area contributed by atoms with Crippen molar-refractivity contribution in [2.24, 2.45) is 0 Å². The highest BCUT2D eigenvalue weighted by atomic mass is 16.5. The van der Waals surface area contributed by atoms with E-state index < -0.39 is 0 Å². The number of aromatic nitrogens is 6. The van der Waals surface area contributed by atoms with Crippen LogP contribution in [0.2, 0.25) is 0 Å². The molecule has 0 saturated carbocycles. The molecule has 176 valence electrons. The second-order valence-electron chi connectivity index (χ2n) is 8.00. The molecule has 0 aliphatic heterocycles. The van der Waals surface area contributed by atoms with Gasteiger partial charge in [-0.2, -0.15) is 4.52 Å². The summed E-state index contributed by atoms with van der Waals surface area (Å²) in [5.74, 6) is 1.78. The van der Waals surface area contributed by atoms with E-state index in [1.165, 1.54) is 12.5 Å². The normalized spacial score (nSPS) is 11.0. The van der Waals surface area contributed by atoms with Crippen molar-refractivity contribution in [2.45, 2.75) is 0 Å². The van der Waals surface area contributed by atoms with Crippen LogP contribution in [0.15, 0.2) is 85.3 Å². The molecule has 0 unspecified atom stereocenters. The van der Waals surface area contributed by atoms with Gasteiger partial charge in [-0.1, -0.05) is 24.3 Å². The molecule has 3 aromatic carbocycles. The molecule has 0 saturated heterocycles. The molecule has 0 aliphatic rings. The zero-order valence-corrected chi connectivity index (χ0v) is 19.1. The first-order chi connectivity index (χ1) is 17.7. The lowest BCUT2D eigenvalue weighted by Crippen LogP contribution is -2.12. The van der Waals surface area contributed by atoms with E-state index in [2.05, 4.69) is 30.8 Å². The van der Waals surface area contributed by atoms with Crippen LogP contribution in [0.4, 0.5) is 17.2 Å². The monoisotopic (exact) mass is 476 g/mol. The minimum Gasteiger partial charge on any atom is -0.497 e. The van der Waals surface area contributed by atoms with Crippen molar-refractivity contribution < 1.29 is 9.53 Å². The molecule has 36 heavy (non-hydrogen) atoms. The number of ether oxygens (including phenoxy) is 1. The van der Waals surface area contributed by atoms with Crippen LogP contribution in [0.3, 0.4) is 0 Å². The molecule has 6 rings (SSSR count). The number of H-pyrrole nitrogens is 1. The predicted octanol–water partition coefficient (Wildman–Crippen LogP) is 4.67. The summed E-state index contributed by atoms with van der Waals surface area (Å²) in [5, 5.41) is 21.8. The second-order valence-corrected chi connectivity index (χ2v) is 8.00. The van der Waals surface area contributed by atoms with Gasteiger partial charge in [0.05, 0.1) is 19.6 Å². The number of benzene rings is 3. The molecule has 0 atom stereocenters. The molecule has 0 bridgehead atoms. The summed E-state index contributed by atoms with van der Waals surface area (Å²) in [6.45, 7) is 0. The van der Waals surface area contributed by atoms with Gasteiger partial charge in [0.2, 0.25) is 0 Å². The van der Waals surface area contributed by atoms with Crippen molar-refractivity contribution in [3.8, 4) is 17.1 Å². The number of imidazole rings is 1. The standard InChI is InChI=1S/C26H20N8O2/c1-36-19-12-6-16(7-13-19)24-31-32-25-21-5-3-2-4-20(21)23(33-34(24)25)29-17-8-10-18(11-9-17)30-26(35)22-14-27-15-28-22/h2-15H,1H3,(H,27,28)(H,29,33)(H,30,35). The molecular weight excluding hydrogens is 456 g/mol. The number of aromatic amines is 1. The predicted molar refractivity (Wildman–Crippen MR) is 137 cm³/mol. The first-order valence-electron chi connectivity index (χ1n) is 11.1. The Morgan fingerprint density at radius 3 is 2.39 bits per heavy atom. The Labute approximate surface area is 205 Å². The van der Waals surface area contributed by atoms with Crippen molar-refractivity contribution >= 4 is 39.5 Å². The Balaban J connectivity index is 1.35. The number of anilines is 3. The average Bonchev–Trinajstić information content (AvgIpc) is 3.61. The molecule has 10 heteroatoms. The van der Waals surface area contributed by atoms with Crippen LogP contribution in [0.25, 0.3) is 27.8 Å². The van der Waals surface area contributed by atoms with Gasteiger partial charge < -0.3 is 20.4 Å². The van der Waals surface area contributed by atoms with Crippen molar-refractivity contribution in [2.75, 3.05) is 17.7 Å². The molecule has 0 spiro atoms. The number of carbonyl (C=O) groups excluding carboxylic acids is 1. The van der Waals surface area contributed by atoms with E-state index in [0.29, 0.717) is 28.7 Å². The van der Waals surface area contributed by atoms with Crippen molar-refractivity contribution in [3.05, 3.63) is 91.0 Å². The first kappa shape index (κ1) is 21.3. The van der Waals surface area contributed by atoms with Crippen LogP contribution in [0.1, 0.15) is 10.5 Å². The minimum atomic E-state index is -0.259. The fourth-order valence-corrected chi connectivity index (χ4v) is 3.95. The number of fused-ring (bicyclic) bond motifs is 3. The van der Waals surface area contributed by atoms with E-state index in [1.807, 2.05) is 72.8 Å². The molecule has 0 fully saturated rings. The highest BCUT2D eigenvalue weighted by Crippen LogP contribution is 2.30. The fraction of sp³-hybridized carbons (Fsp3) is 0.0385. The third kappa shape index (κ3) is 3.86. The first-order valence-corrected chi connectivity index (χ1v) is 11.1. The topological polar surface area (TPSA) is 122 Å². The molecule has 0 aliphatic carbocycles. The van der Waals surface area contributed by atoms with Crippen LogP contribution >= 0.6 is 0 Å². The van der Waals surface area contributed by atoms with E-state index >= 15 is 0 Å². The lowest BCUT2D eigenvalue weighted by Gasteiger charge is -2.11. The summed E-state index contributed by atoms with van der Waals surface area (Å²) in [6, 6.07) is 22.9. The highest BCUT2D eigenvalue weighted by molar-refractivity contribution is 6.03. The molecule has 3 aromatic heterocycles. The summed E-state index contributed by atoms with van der Waals surface area (Å²) in [4.78, 5) is 18.9. The number of nitrogens with one attached hydrogen (secondary N) is 3. The third-order valence-electron chi connectivity index (χ3n) is 5.76. The largest absolute Gasteiger partial charge is 0.497 e. The Morgan fingerprint density at radius 1 is 0.917 bits per heavy atom. The maximum atomic E-state index is 12.3. The van der Waals surface area contributed by atoms with Gasteiger partial charge in [0, 0.05) is 27.7 Å². The Bertz CT molecular complexity index is 1670. The van der Waals surface area contributed by atoms with Gasteiger partial charge in [0.15, 0.2) is 17.3 Å². The minimum absolute atomic E-state index is 0.259.